The van der Waals surface area contributed by atoms with E-state index in [-0.39, 0.29) is 11.5 Å². The van der Waals surface area contributed by atoms with Crippen molar-refractivity contribution in [1.29, 1.82) is 0 Å². The quantitative estimate of drug-likeness (QED) is 0.872. The molecule has 3 rings (SSSR count). The van der Waals surface area contributed by atoms with Gasteiger partial charge in [0.15, 0.2) is 0 Å². The lowest BCUT2D eigenvalue weighted by molar-refractivity contribution is 0.0501. The van der Waals surface area contributed by atoms with Crippen molar-refractivity contribution in [2.24, 2.45) is 13.0 Å². The van der Waals surface area contributed by atoms with Crippen molar-refractivity contribution in [3.63, 3.8) is 0 Å². The van der Waals surface area contributed by atoms with Crippen LogP contribution >= 0.6 is 11.6 Å². The Morgan fingerprint density at radius 2 is 2.00 bits per heavy atom. The van der Waals surface area contributed by atoms with Crippen molar-refractivity contribution in [2.45, 2.75) is 6.42 Å². The molecule has 5 heteroatoms. The minimum absolute atomic E-state index is 0.0758. The van der Waals surface area contributed by atoms with Crippen LogP contribution in [-0.4, -0.2) is 28.5 Å². The molecule has 1 aromatic carbocycles. The number of halogens is 1. The fourth-order valence-electron chi connectivity index (χ4n) is 2.70. The van der Waals surface area contributed by atoms with Crippen LogP contribution in [0.2, 0.25) is 5.02 Å². The van der Waals surface area contributed by atoms with Gasteiger partial charge in [-0.2, -0.15) is 0 Å². The molecule has 22 heavy (non-hydrogen) atoms. The Balaban J connectivity index is 1.61. The van der Waals surface area contributed by atoms with Gasteiger partial charge in [0.2, 0.25) is 0 Å². The van der Waals surface area contributed by atoms with Gasteiger partial charge in [-0.15, -0.1) is 0 Å². The third kappa shape index (κ3) is 2.92. The summed E-state index contributed by atoms with van der Waals surface area (Å²) < 4.78 is 1.45. The molecular weight excluding hydrogens is 300 g/mol. The molecule has 1 aliphatic heterocycles. The summed E-state index contributed by atoms with van der Waals surface area (Å²) in [6.07, 6.45) is 2.50. The summed E-state index contributed by atoms with van der Waals surface area (Å²) in [6.45, 7) is 1.42. The molecule has 1 saturated heterocycles. The molecule has 1 aliphatic rings. The van der Waals surface area contributed by atoms with E-state index in [0.717, 1.165) is 17.0 Å². The Bertz CT molecular complexity index is 763. The van der Waals surface area contributed by atoms with E-state index in [0.29, 0.717) is 24.6 Å². The highest BCUT2D eigenvalue weighted by atomic mass is 35.5. The predicted molar refractivity (Wildman–Crippen MR) is 86.2 cm³/mol. The summed E-state index contributed by atoms with van der Waals surface area (Å²) in [5.41, 5.74) is 1.41. The fraction of sp³-hybridized carbons (Fsp3) is 0.294. The molecule has 1 fully saturated rings. The first-order valence-electron chi connectivity index (χ1n) is 7.24. The maximum Gasteiger partial charge on any atom is 0.254 e. The largest absolute Gasteiger partial charge is 0.338 e. The van der Waals surface area contributed by atoms with Crippen LogP contribution in [0.3, 0.4) is 0 Å². The Hall–Kier alpha value is -2.07. The van der Waals surface area contributed by atoms with E-state index in [4.69, 9.17) is 11.6 Å². The highest BCUT2D eigenvalue weighted by molar-refractivity contribution is 6.31. The zero-order valence-corrected chi connectivity index (χ0v) is 13.1. The monoisotopic (exact) mass is 316 g/mol. The predicted octanol–water partition coefficient (Wildman–Crippen LogP) is 2.35. The van der Waals surface area contributed by atoms with E-state index in [2.05, 4.69) is 0 Å². The molecule has 1 aromatic heterocycles. The highest BCUT2D eigenvalue weighted by Gasteiger charge is 2.31. The minimum atomic E-state index is -0.168. The fourth-order valence-corrected chi connectivity index (χ4v) is 2.92. The van der Waals surface area contributed by atoms with Crippen LogP contribution in [0.5, 0.6) is 0 Å². The average Bonchev–Trinajstić information content (AvgIpc) is 2.46. The highest BCUT2D eigenvalue weighted by Crippen LogP contribution is 2.25. The van der Waals surface area contributed by atoms with Crippen LogP contribution in [0, 0.1) is 5.92 Å². The zero-order chi connectivity index (χ0) is 15.7. The number of aryl methyl sites for hydroxylation is 1. The number of hydrogen-bond acceptors (Lipinski definition) is 2. The molecule has 0 bridgehead atoms. The number of pyridine rings is 1. The van der Waals surface area contributed by atoms with Crippen molar-refractivity contribution in [3.05, 3.63) is 69.1 Å². The number of carbonyl (C=O) groups is 1. The van der Waals surface area contributed by atoms with Crippen LogP contribution in [0.4, 0.5) is 0 Å². The van der Waals surface area contributed by atoms with Crippen molar-refractivity contribution < 1.29 is 4.79 Å². The van der Waals surface area contributed by atoms with Crippen molar-refractivity contribution >= 4 is 17.5 Å². The van der Waals surface area contributed by atoms with Crippen LogP contribution in [0.15, 0.2) is 47.4 Å². The number of aromatic nitrogens is 1. The van der Waals surface area contributed by atoms with Gasteiger partial charge in [0.1, 0.15) is 0 Å². The van der Waals surface area contributed by atoms with Gasteiger partial charge in [0.05, 0.1) is 0 Å². The second-order valence-electron chi connectivity index (χ2n) is 5.74. The Morgan fingerprint density at radius 3 is 2.68 bits per heavy atom. The SMILES string of the molecule is Cn1ccc(C(=O)N2CC(Cc3ccccc3Cl)C2)cc1=O. The van der Waals surface area contributed by atoms with E-state index in [1.54, 1.807) is 24.2 Å². The molecule has 2 heterocycles. The minimum Gasteiger partial charge on any atom is -0.338 e. The number of rotatable bonds is 3. The molecule has 0 atom stereocenters. The summed E-state index contributed by atoms with van der Waals surface area (Å²) in [4.78, 5) is 25.7. The van der Waals surface area contributed by atoms with E-state index < -0.39 is 0 Å². The molecule has 0 spiro atoms. The van der Waals surface area contributed by atoms with Gasteiger partial charge in [0.25, 0.3) is 11.5 Å². The molecule has 0 unspecified atom stereocenters. The molecule has 0 saturated carbocycles. The van der Waals surface area contributed by atoms with Crippen LogP contribution in [0.1, 0.15) is 15.9 Å². The average molecular weight is 317 g/mol. The van der Waals surface area contributed by atoms with E-state index in [9.17, 15) is 9.59 Å². The van der Waals surface area contributed by atoms with Crippen molar-refractivity contribution in [1.82, 2.24) is 9.47 Å². The lowest BCUT2D eigenvalue weighted by Gasteiger charge is -2.39. The molecule has 1 amide bonds. The molecule has 4 nitrogen and oxygen atoms in total. The summed E-state index contributed by atoms with van der Waals surface area (Å²) in [5, 5.41) is 0.777. The van der Waals surface area contributed by atoms with Gasteiger partial charge in [0, 0.05) is 43.0 Å². The second-order valence-corrected chi connectivity index (χ2v) is 6.14. The summed E-state index contributed by atoms with van der Waals surface area (Å²) in [6, 6.07) is 10.9. The summed E-state index contributed by atoms with van der Waals surface area (Å²) in [7, 11) is 1.67. The van der Waals surface area contributed by atoms with Gasteiger partial charge in [-0.1, -0.05) is 29.8 Å². The number of amides is 1. The van der Waals surface area contributed by atoms with E-state index in [1.165, 1.54) is 10.6 Å². The summed E-state index contributed by atoms with van der Waals surface area (Å²) >= 11 is 6.16. The lowest BCUT2D eigenvalue weighted by Crippen LogP contribution is -2.50. The van der Waals surface area contributed by atoms with Crippen molar-refractivity contribution in [2.75, 3.05) is 13.1 Å². The summed E-state index contributed by atoms with van der Waals surface area (Å²) in [5.74, 6) is 0.350. The number of hydrogen-bond donors (Lipinski definition) is 0. The molecule has 2 aromatic rings. The van der Waals surface area contributed by atoms with Gasteiger partial charge in [-0.3, -0.25) is 9.59 Å². The molecule has 0 N–H and O–H groups in total. The topological polar surface area (TPSA) is 42.3 Å². The first-order valence-corrected chi connectivity index (χ1v) is 7.62. The third-order valence-electron chi connectivity index (χ3n) is 4.06. The first-order chi connectivity index (χ1) is 10.5. The Morgan fingerprint density at radius 1 is 1.27 bits per heavy atom. The normalized spacial score (nSPS) is 14.7. The number of carbonyl (C=O) groups excluding carboxylic acids is 1. The van der Waals surface area contributed by atoms with E-state index >= 15 is 0 Å². The third-order valence-corrected chi connectivity index (χ3v) is 4.43. The van der Waals surface area contributed by atoms with E-state index in [1.807, 2.05) is 24.3 Å². The number of likely N-dealkylation sites (tertiary alicyclic amines) is 1. The first kappa shape index (κ1) is 14.9. The van der Waals surface area contributed by atoms with Gasteiger partial charge in [-0.25, -0.2) is 0 Å². The molecule has 0 radical (unpaired) electrons. The number of nitrogens with zero attached hydrogens (tertiary/aromatic N) is 2. The second kappa shape index (κ2) is 5.97. The molecule has 0 aliphatic carbocycles. The molecule has 114 valence electrons. The van der Waals surface area contributed by atoms with Gasteiger partial charge >= 0.3 is 0 Å². The molecular formula is C17H17ClN2O2. The number of benzene rings is 1. The maximum atomic E-state index is 12.3. The standard InChI is InChI=1S/C17H17ClN2O2/c1-19-7-6-14(9-16(19)21)17(22)20-10-12(11-20)8-13-4-2-3-5-15(13)18/h2-7,9,12H,8,10-11H2,1H3. The van der Waals surface area contributed by atoms with Crippen molar-refractivity contribution in [3.8, 4) is 0 Å². The van der Waals surface area contributed by atoms with Gasteiger partial charge in [-0.05, 0) is 30.0 Å². The van der Waals surface area contributed by atoms with Crippen LogP contribution < -0.4 is 5.56 Å². The Kier molecular flexibility index (Phi) is 4.03. The van der Waals surface area contributed by atoms with Gasteiger partial charge < -0.3 is 9.47 Å². The lowest BCUT2D eigenvalue weighted by atomic mass is 9.91. The van der Waals surface area contributed by atoms with Crippen LogP contribution in [0.25, 0.3) is 0 Å². The smallest absolute Gasteiger partial charge is 0.254 e. The Labute approximate surface area is 133 Å². The van der Waals surface area contributed by atoms with Crippen LogP contribution in [-0.2, 0) is 13.5 Å². The zero-order valence-electron chi connectivity index (χ0n) is 12.3. The maximum absolute atomic E-state index is 12.3.